The van der Waals surface area contributed by atoms with Crippen LogP contribution in [0.25, 0.3) is 10.9 Å². The summed E-state index contributed by atoms with van der Waals surface area (Å²) in [5.74, 6) is 0. The zero-order valence-corrected chi connectivity index (χ0v) is 11.5. The first kappa shape index (κ1) is 12.1. The van der Waals surface area contributed by atoms with Gasteiger partial charge < -0.3 is 4.57 Å². The van der Waals surface area contributed by atoms with Gasteiger partial charge in [-0.25, -0.2) is 4.99 Å². The van der Waals surface area contributed by atoms with Crippen molar-refractivity contribution in [3.63, 3.8) is 0 Å². The number of hydrogen-bond acceptors (Lipinski definition) is 2. The molecule has 3 aromatic rings. The zero-order chi connectivity index (χ0) is 13.2. The maximum atomic E-state index is 4.72. The van der Waals surface area contributed by atoms with Gasteiger partial charge in [-0.1, -0.05) is 36.4 Å². The lowest BCUT2D eigenvalue weighted by molar-refractivity contribution is 0.920. The number of aryl methyl sites for hydroxylation is 1. The molecule has 2 nitrogen and oxygen atoms in total. The minimum Gasteiger partial charge on any atom is -0.349 e. The van der Waals surface area contributed by atoms with Crippen LogP contribution in [0.5, 0.6) is 0 Å². The lowest BCUT2D eigenvalue weighted by Gasteiger charge is -2.08. The fourth-order valence-electron chi connectivity index (χ4n) is 2.18. The van der Waals surface area contributed by atoms with E-state index >= 15 is 0 Å². The molecule has 0 fully saturated rings. The Labute approximate surface area is 117 Å². The van der Waals surface area contributed by atoms with Crippen molar-refractivity contribution < 1.29 is 0 Å². The summed E-state index contributed by atoms with van der Waals surface area (Å²) in [5, 5.41) is 2.03. The van der Waals surface area contributed by atoms with E-state index in [2.05, 4.69) is 29.3 Å². The zero-order valence-electron chi connectivity index (χ0n) is 10.6. The Morgan fingerprint density at radius 2 is 1.63 bits per heavy atom. The summed E-state index contributed by atoms with van der Waals surface area (Å²) in [7, 11) is 2.02. The molecule has 1 heterocycles. The van der Waals surface area contributed by atoms with Crippen molar-refractivity contribution in [3.05, 3.63) is 66.2 Å². The maximum Gasteiger partial charge on any atom is 0.0878 e. The third kappa shape index (κ3) is 2.29. The van der Waals surface area contributed by atoms with Crippen LogP contribution in [-0.4, -0.2) is 4.57 Å². The number of para-hydroxylation sites is 2. The summed E-state index contributed by atoms with van der Waals surface area (Å²) in [4.78, 5) is 5.60. The molecule has 94 valence electrons. The molecule has 0 amide bonds. The fourth-order valence-corrected chi connectivity index (χ4v) is 2.53. The number of nitrogens with zero attached hydrogens (tertiary/aromatic N) is 2. The predicted octanol–water partition coefficient (Wildman–Crippen LogP) is 3.70. The molecule has 0 aliphatic rings. The lowest BCUT2D eigenvalue weighted by Crippen LogP contribution is -2.09. The van der Waals surface area contributed by atoms with Crippen molar-refractivity contribution in [1.82, 2.24) is 4.57 Å². The number of rotatable bonds is 1. The summed E-state index contributed by atoms with van der Waals surface area (Å²) in [6.45, 7) is 0. The number of thiol groups is 1. The summed E-state index contributed by atoms with van der Waals surface area (Å²) in [5.41, 5.74) is 2.09. The summed E-state index contributed by atoms with van der Waals surface area (Å²) < 4.78 is 2.07. The lowest BCUT2D eigenvalue weighted by atomic mass is 10.2. The van der Waals surface area contributed by atoms with E-state index in [-0.39, 0.29) is 0 Å². The second-order valence-corrected chi connectivity index (χ2v) is 4.92. The molecule has 0 radical (unpaired) electrons. The first-order chi connectivity index (χ1) is 9.25. The Balaban J connectivity index is 2.38. The monoisotopic (exact) mass is 266 g/mol. The largest absolute Gasteiger partial charge is 0.349 e. The summed E-state index contributed by atoms with van der Waals surface area (Å²) in [6, 6.07) is 18.2. The third-order valence-electron chi connectivity index (χ3n) is 3.09. The van der Waals surface area contributed by atoms with Crippen molar-refractivity contribution >= 4 is 29.2 Å². The highest BCUT2D eigenvalue weighted by molar-refractivity contribution is 7.80. The minimum atomic E-state index is 0.880. The van der Waals surface area contributed by atoms with E-state index in [9.17, 15) is 0 Å². The Morgan fingerprint density at radius 3 is 2.42 bits per heavy atom. The van der Waals surface area contributed by atoms with Crippen molar-refractivity contribution in [1.29, 1.82) is 0 Å². The number of aromatic nitrogens is 1. The normalized spacial score (nSPS) is 12.0. The quantitative estimate of drug-likeness (QED) is 0.647. The minimum absolute atomic E-state index is 0.880. The van der Waals surface area contributed by atoms with Gasteiger partial charge in [-0.3, -0.25) is 0 Å². The number of benzene rings is 2. The molecule has 3 rings (SSSR count). The third-order valence-corrected chi connectivity index (χ3v) is 3.42. The molecule has 3 heteroatoms. The van der Waals surface area contributed by atoms with Gasteiger partial charge in [0.25, 0.3) is 0 Å². The SMILES string of the molecule is Cn1cc(S)c(=Nc2ccccc2)c2ccccc21. The van der Waals surface area contributed by atoms with Crippen LogP contribution in [-0.2, 0) is 7.05 Å². The van der Waals surface area contributed by atoms with E-state index in [1.165, 1.54) is 0 Å². The summed E-state index contributed by atoms with van der Waals surface area (Å²) in [6.07, 6.45) is 1.99. The van der Waals surface area contributed by atoms with Crippen LogP contribution in [0, 0.1) is 0 Å². The van der Waals surface area contributed by atoms with E-state index in [1.54, 1.807) is 0 Å². The Bertz CT molecular complexity index is 789. The van der Waals surface area contributed by atoms with Crippen LogP contribution in [0.3, 0.4) is 0 Å². The molecular weight excluding hydrogens is 252 g/mol. The molecule has 0 saturated carbocycles. The molecule has 0 N–H and O–H groups in total. The second-order valence-electron chi connectivity index (χ2n) is 4.44. The molecular formula is C16H14N2S. The van der Waals surface area contributed by atoms with Crippen molar-refractivity contribution in [3.8, 4) is 0 Å². The number of pyridine rings is 1. The average Bonchev–Trinajstić information content (AvgIpc) is 2.45. The van der Waals surface area contributed by atoms with Crippen LogP contribution in [0.1, 0.15) is 0 Å². The Morgan fingerprint density at radius 1 is 0.947 bits per heavy atom. The van der Waals surface area contributed by atoms with Gasteiger partial charge in [0, 0.05) is 29.0 Å². The van der Waals surface area contributed by atoms with Gasteiger partial charge in [0.2, 0.25) is 0 Å². The van der Waals surface area contributed by atoms with Gasteiger partial charge in [-0.2, -0.15) is 0 Å². The molecule has 0 saturated heterocycles. The maximum absolute atomic E-state index is 4.72. The standard InChI is InChI=1S/C16H14N2S/c1-18-11-15(19)16(13-9-5-6-10-14(13)18)17-12-7-3-2-4-8-12/h2-11,19H,1H3. The highest BCUT2D eigenvalue weighted by atomic mass is 32.1. The average molecular weight is 266 g/mol. The smallest absolute Gasteiger partial charge is 0.0878 e. The van der Waals surface area contributed by atoms with E-state index in [1.807, 2.05) is 55.7 Å². The highest BCUT2D eigenvalue weighted by Crippen LogP contribution is 2.15. The Kier molecular flexibility index (Phi) is 3.13. The van der Waals surface area contributed by atoms with Crippen molar-refractivity contribution in [2.45, 2.75) is 4.90 Å². The first-order valence-corrected chi connectivity index (χ1v) is 6.57. The summed E-state index contributed by atoms with van der Waals surface area (Å²) >= 11 is 4.56. The van der Waals surface area contributed by atoms with E-state index in [4.69, 9.17) is 4.99 Å². The molecule has 0 aliphatic carbocycles. The van der Waals surface area contributed by atoms with E-state index in [0.29, 0.717) is 0 Å². The predicted molar refractivity (Wildman–Crippen MR) is 81.8 cm³/mol. The number of hydrogen-bond donors (Lipinski definition) is 1. The van der Waals surface area contributed by atoms with Gasteiger partial charge in [-0.05, 0) is 18.2 Å². The molecule has 1 aromatic heterocycles. The molecule has 0 unspecified atom stereocenters. The topological polar surface area (TPSA) is 17.3 Å². The van der Waals surface area contributed by atoms with E-state index in [0.717, 1.165) is 26.8 Å². The molecule has 0 atom stereocenters. The second kappa shape index (κ2) is 4.94. The van der Waals surface area contributed by atoms with Crippen LogP contribution in [0.15, 0.2) is 70.7 Å². The van der Waals surface area contributed by atoms with Crippen LogP contribution < -0.4 is 5.36 Å². The van der Waals surface area contributed by atoms with Gasteiger partial charge in [-0.15, -0.1) is 12.6 Å². The number of fused-ring (bicyclic) bond motifs is 1. The van der Waals surface area contributed by atoms with Crippen LogP contribution >= 0.6 is 12.6 Å². The Hall–Kier alpha value is -2.00. The fraction of sp³-hybridized carbons (Fsp3) is 0.0625. The van der Waals surface area contributed by atoms with Crippen molar-refractivity contribution in [2.24, 2.45) is 12.0 Å². The van der Waals surface area contributed by atoms with Crippen LogP contribution in [0.2, 0.25) is 0 Å². The molecule has 0 bridgehead atoms. The van der Waals surface area contributed by atoms with Gasteiger partial charge in [0.1, 0.15) is 0 Å². The van der Waals surface area contributed by atoms with Crippen LogP contribution in [0.4, 0.5) is 5.69 Å². The first-order valence-electron chi connectivity index (χ1n) is 6.13. The molecule has 2 aromatic carbocycles. The van der Waals surface area contributed by atoms with Gasteiger partial charge in [0.05, 0.1) is 11.0 Å². The van der Waals surface area contributed by atoms with Gasteiger partial charge in [0.15, 0.2) is 0 Å². The van der Waals surface area contributed by atoms with Gasteiger partial charge >= 0.3 is 0 Å². The molecule has 0 aliphatic heterocycles. The molecule has 19 heavy (non-hydrogen) atoms. The molecule has 0 spiro atoms. The van der Waals surface area contributed by atoms with E-state index < -0.39 is 0 Å². The highest BCUT2D eigenvalue weighted by Gasteiger charge is 2.02. The van der Waals surface area contributed by atoms with Crippen molar-refractivity contribution in [2.75, 3.05) is 0 Å².